The van der Waals surface area contributed by atoms with Gasteiger partial charge in [0.05, 0.1) is 54.4 Å². The minimum Gasteiger partial charge on any atom is -0.356 e. The van der Waals surface area contributed by atoms with Crippen molar-refractivity contribution in [2.75, 3.05) is 67.5 Å². The molecule has 2 N–H and O–H groups in total. The Bertz CT molecular complexity index is 883. The van der Waals surface area contributed by atoms with Gasteiger partial charge in [-0.15, -0.1) is 0 Å². The highest BCUT2D eigenvalue weighted by molar-refractivity contribution is 5.76. The molecule has 0 unspecified atom stereocenters. The van der Waals surface area contributed by atoms with Gasteiger partial charge in [0.15, 0.2) is 0 Å². The molecule has 0 aromatic heterocycles. The number of unbranched alkanes of at least 4 members (excludes halogenated alkanes) is 25. The third-order valence-corrected chi connectivity index (χ3v) is 12.1. The maximum atomic E-state index is 12.3. The molecule has 2 amide bonds. The summed E-state index contributed by atoms with van der Waals surface area (Å²) in [4.78, 5) is 24.6. The molecule has 342 valence electrons. The summed E-state index contributed by atoms with van der Waals surface area (Å²) < 4.78 is 2.07. The molecule has 0 bridgehead atoms. The number of carbonyl (C=O) groups excluding carboxylic acids is 2. The maximum absolute atomic E-state index is 12.3. The summed E-state index contributed by atoms with van der Waals surface area (Å²) in [5.74, 6) is 0.469. The Labute approximate surface area is 363 Å². The number of hydrogen-bond acceptors (Lipinski definition) is 2. The van der Waals surface area contributed by atoms with Crippen LogP contribution < -0.4 is 10.6 Å². The lowest BCUT2D eigenvalue weighted by atomic mass is 10.1. The van der Waals surface area contributed by atoms with Crippen molar-refractivity contribution < 1.29 is 18.6 Å². The SMILES string of the molecule is CCCCCCCCC=CCCCCCCCC(=O)NCCC[N+](C)(C)CCCCCC[N+](C)(C)CCCNC(=O)CCCCCCCC=CCCCCCCCC. The van der Waals surface area contributed by atoms with Gasteiger partial charge in [-0.1, -0.05) is 141 Å². The fourth-order valence-electron chi connectivity index (χ4n) is 8.02. The molecule has 0 aromatic carbocycles. The summed E-state index contributed by atoms with van der Waals surface area (Å²) in [7, 11) is 9.35. The van der Waals surface area contributed by atoms with E-state index in [1.165, 1.54) is 193 Å². The summed E-state index contributed by atoms with van der Waals surface area (Å²) in [5, 5.41) is 6.34. The van der Waals surface area contributed by atoms with Crippen LogP contribution >= 0.6 is 0 Å². The van der Waals surface area contributed by atoms with Gasteiger partial charge in [0.1, 0.15) is 0 Å². The molecule has 0 aliphatic heterocycles. The first kappa shape index (κ1) is 56.3. The second-order valence-electron chi connectivity index (χ2n) is 19.3. The van der Waals surface area contributed by atoms with E-state index < -0.39 is 0 Å². The van der Waals surface area contributed by atoms with Crippen LogP contribution in [0.15, 0.2) is 24.3 Å². The first-order chi connectivity index (χ1) is 28.1. The van der Waals surface area contributed by atoms with Gasteiger partial charge in [0.2, 0.25) is 11.8 Å². The lowest BCUT2D eigenvalue weighted by Gasteiger charge is -2.31. The third kappa shape index (κ3) is 43.9. The van der Waals surface area contributed by atoms with Gasteiger partial charge in [-0.3, -0.25) is 9.59 Å². The topological polar surface area (TPSA) is 58.2 Å². The number of quaternary nitrogens is 2. The van der Waals surface area contributed by atoms with Crippen LogP contribution in [0.2, 0.25) is 0 Å². The van der Waals surface area contributed by atoms with Crippen LogP contribution in [0.1, 0.15) is 232 Å². The largest absolute Gasteiger partial charge is 0.356 e. The molecule has 0 spiro atoms. The van der Waals surface area contributed by atoms with Gasteiger partial charge < -0.3 is 19.6 Å². The van der Waals surface area contributed by atoms with E-state index >= 15 is 0 Å². The molecule has 0 atom stereocenters. The molecular formula is C52H104N4O2+2. The van der Waals surface area contributed by atoms with Crippen molar-refractivity contribution in [2.24, 2.45) is 0 Å². The van der Waals surface area contributed by atoms with Crippen LogP contribution in [-0.2, 0) is 9.59 Å². The molecule has 6 nitrogen and oxygen atoms in total. The minimum absolute atomic E-state index is 0.234. The molecule has 0 saturated carbocycles. The summed E-state index contributed by atoms with van der Waals surface area (Å²) in [6.45, 7) is 10.8. The van der Waals surface area contributed by atoms with Crippen molar-refractivity contribution in [1.82, 2.24) is 10.6 Å². The van der Waals surface area contributed by atoms with E-state index in [0.717, 1.165) is 60.8 Å². The lowest BCUT2D eigenvalue weighted by molar-refractivity contribution is -0.891. The minimum atomic E-state index is 0.234. The van der Waals surface area contributed by atoms with E-state index in [1.54, 1.807) is 0 Å². The van der Waals surface area contributed by atoms with Crippen molar-refractivity contribution in [3.05, 3.63) is 24.3 Å². The number of carbonyl (C=O) groups is 2. The maximum Gasteiger partial charge on any atom is 0.219 e. The summed E-state index contributed by atoms with van der Waals surface area (Å²) in [6, 6.07) is 0. The highest BCUT2D eigenvalue weighted by Crippen LogP contribution is 2.13. The van der Waals surface area contributed by atoms with E-state index in [4.69, 9.17) is 0 Å². The molecular weight excluding hydrogens is 713 g/mol. The van der Waals surface area contributed by atoms with Crippen molar-refractivity contribution >= 4 is 11.8 Å². The smallest absolute Gasteiger partial charge is 0.219 e. The highest BCUT2D eigenvalue weighted by atomic mass is 16.2. The summed E-state index contributed by atoms with van der Waals surface area (Å²) in [5.41, 5.74) is 0. The van der Waals surface area contributed by atoms with E-state index in [2.05, 4.69) is 77.0 Å². The molecule has 58 heavy (non-hydrogen) atoms. The van der Waals surface area contributed by atoms with E-state index in [1.807, 2.05) is 0 Å². The first-order valence-corrected chi connectivity index (χ1v) is 25.6. The van der Waals surface area contributed by atoms with Gasteiger partial charge in [0, 0.05) is 38.8 Å². The molecule has 0 heterocycles. The molecule has 0 radical (unpaired) electrons. The fourth-order valence-corrected chi connectivity index (χ4v) is 8.02. The zero-order valence-electron chi connectivity index (χ0n) is 40.3. The average Bonchev–Trinajstić information content (AvgIpc) is 3.19. The normalized spacial score (nSPS) is 12.3. The van der Waals surface area contributed by atoms with Crippen LogP contribution in [0.25, 0.3) is 0 Å². The van der Waals surface area contributed by atoms with Crippen LogP contribution in [-0.4, -0.2) is 88.2 Å². The van der Waals surface area contributed by atoms with Crippen LogP contribution in [0, 0.1) is 0 Å². The number of rotatable bonds is 45. The van der Waals surface area contributed by atoms with Crippen molar-refractivity contribution in [1.29, 1.82) is 0 Å². The third-order valence-electron chi connectivity index (χ3n) is 12.1. The van der Waals surface area contributed by atoms with Gasteiger partial charge in [-0.2, -0.15) is 0 Å². The predicted molar refractivity (Wildman–Crippen MR) is 256 cm³/mol. The standard InChI is InChI=1S/C52H102N4O2/c1-7-9-11-13-15-17-19-21-23-25-27-29-31-33-37-43-51(57)53-45-41-49-55(3,4)47-39-35-36-40-48-56(5,6)50-42-46-54-52(58)44-38-34-32-30-28-26-24-22-20-18-16-14-12-10-8-2/h21-24H,7-20,25-50H2,1-6H3/p+2. The van der Waals surface area contributed by atoms with Gasteiger partial charge >= 0.3 is 0 Å². The molecule has 0 aromatic rings. The zero-order chi connectivity index (χ0) is 42.7. The van der Waals surface area contributed by atoms with E-state index in [0.29, 0.717) is 12.8 Å². The molecule has 0 aliphatic carbocycles. The van der Waals surface area contributed by atoms with Crippen molar-refractivity contribution in [2.45, 2.75) is 232 Å². The monoisotopic (exact) mass is 817 g/mol. The Morgan fingerprint density at radius 1 is 0.345 bits per heavy atom. The Morgan fingerprint density at radius 3 is 0.931 bits per heavy atom. The van der Waals surface area contributed by atoms with Gasteiger partial charge in [-0.25, -0.2) is 0 Å². The highest BCUT2D eigenvalue weighted by Gasteiger charge is 2.16. The number of amides is 2. The quantitative estimate of drug-likeness (QED) is 0.0365. The second-order valence-corrected chi connectivity index (χ2v) is 19.3. The molecule has 6 heteroatoms. The predicted octanol–water partition coefficient (Wildman–Crippen LogP) is 13.8. The Hall–Kier alpha value is -1.66. The molecule has 0 fully saturated rings. The Morgan fingerprint density at radius 2 is 0.603 bits per heavy atom. The Balaban J connectivity index is 3.63. The number of nitrogens with zero attached hydrogens (tertiary/aromatic N) is 2. The molecule has 0 aliphatic rings. The van der Waals surface area contributed by atoms with E-state index in [-0.39, 0.29) is 11.8 Å². The number of allylic oxidation sites excluding steroid dienone is 4. The summed E-state index contributed by atoms with van der Waals surface area (Å²) >= 11 is 0. The Kier molecular flexibility index (Phi) is 40.8. The average molecular weight is 817 g/mol. The molecule has 0 rings (SSSR count). The van der Waals surface area contributed by atoms with Crippen molar-refractivity contribution in [3.8, 4) is 0 Å². The van der Waals surface area contributed by atoms with Crippen LogP contribution in [0.3, 0.4) is 0 Å². The number of nitrogens with one attached hydrogen (secondary N) is 2. The lowest BCUT2D eigenvalue weighted by Crippen LogP contribution is -2.43. The van der Waals surface area contributed by atoms with Crippen LogP contribution in [0.4, 0.5) is 0 Å². The van der Waals surface area contributed by atoms with Crippen LogP contribution in [0.5, 0.6) is 0 Å². The zero-order valence-corrected chi connectivity index (χ0v) is 40.3. The van der Waals surface area contributed by atoms with Crippen molar-refractivity contribution in [3.63, 3.8) is 0 Å². The van der Waals surface area contributed by atoms with Gasteiger partial charge in [0.25, 0.3) is 0 Å². The number of hydrogen-bond donors (Lipinski definition) is 2. The molecule has 0 saturated heterocycles. The second kappa shape index (κ2) is 42.0. The summed E-state index contributed by atoms with van der Waals surface area (Å²) in [6.07, 6.45) is 51.6. The van der Waals surface area contributed by atoms with Gasteiger partial charge in [-0.05, 0) is 89.9 Å². The fraction of sp³-hybridized carbons (Fsp3) is 0.885. The van der Waals surface area contributed by atoms with E-state index in [9.17, 15) is 9.59 Å². The first-order valence-electron chi connectivity index (χ1n) is 25.6.